The van der Waals surface area contributed by atoms with E-state index < -0.39 is 16.1 Å². The summed E-state index contributed by atoms with van der Waals surface area (Å²) in [7, 11) is -3.67. The molecule has 9 heteroatoms. The average Bonchev–Trinajstić information content (AvgIpc) is 2.75. The molecular weight excluding hydrogens is 426 g/mol. The first-order chi connectivity index (χ1) is 14.2. The van der Waals surface area contributed by atoms with E-state index in [1.54, 1.807) is 30.0 Å². The van der Waals surface area contributed by atoms with Crippen molar-refractivity contribution >= 4 is 27.5 Å². The number of halogens is 1. The van der Waals surface area contributed by atoms with Crippen LogP contribution in [0.2, 0.25) is 5.02 Å². The third kappa shape index (κ3) is 4.75. The Hall–Kier alpha value is -2.60. The summed E-state index contributed by atoms with van der Waals surface area (Å²) in [6, 6.07) is 13.0. The highest BCUT2D eigenvalue weighted by molar-refractivity contribution is 7.89. The molecule has 30 heavy (non-hydrogen) atoms. The van der Waals surface area contributed by atoms with E-state index in [4.69, 9.17) is 21.6 Å². The van der Waals surface area contributed by atoms with Crippen molar-refractivity contribution in [1.82, 2.24) is 9.21 Å². The SMILES string of the molecule is Cc1cc(Cl)ccc1OC(C)C(=O)N1CCN(S(=O)(=O)c2ccc(C#N)cc2)CC1. The number of benzene rings is 2. The number of carbonyl (C=O) groups excluding carboxylic acids is 1. The predicted molar refractivity (Wildman–Crippen MR) is 113 cm³/mol. The molecule has 1 aliphatic rings. The number of amides is 1. The summed E-state index contributed by atoms with van der Waals surface area (Å²) in [5.41, 5.74) is 1.23. The van der Waals surface area contributed by atoms with Gasteiger partial charge in [0, 0.05) is 31.2 Å². The molecule has 1 atom stereocenters. The lowest BCUT2D eigenvalue weighted by atomic mass is 10.2. The second kappa shape index (κ2) is 9.04. The molecule has 1 saturated heterocycles. The van der Waals surface area contributed by atoms with Crippen LogP contribution in [0.1, 0.15) is 18.1 Å². The third-order valence-corrected chi connectivity index (χ3v) is 7.11. The van der Waals surface area contributed by atoms with E-state index in [2.05, 4.69) is 0 Å². The van der Waals surface area contributed by atoms with Crippen molar-refractivity contribution in [2.45, 2.75) is 24.8 Å². The topological polar surface area (TPSA) is 90.7 Å². The van der Waals surface area contributed by atoms with Crippen LogP contribution in [0.15, 0.2) is 47.4 Å². The van der Waals surface area contributed by atoms with Gasteiger partial charge in [0.15, 0.2) is 6.10 Å². The maximum absolute atomic E-state index is 12.8. The van der Waals surface area contributed by atoms with Gasteiger partial charge in [-0.1, -0.05) is 11.6 Å². The van der Waals surface area contributed by atoms with Crippen LogP contribution in [-0.2, 0) is 14.8 Å². The Morgan fingerprint density at radius 3 is 2.33 bits per heavy atom. The fourth-order valence-electron chi connectivity index (χ4n) is 3.24. The first-order valence-corrected chi connectivity index (χ1v) is 11.3. The Kier molecular flexibility index (Phi) is 6.66. The van der Waals surface area contributed by atoms with Gasteiger partial charge in [-0.2, -0.15) is 9.57 Å². The van der Waals surface area contributed by atoms with E-state index in [0.717, 1.165) is 5.56 Å². The van der Waals surface area contributed by atoms with Gasteiger partial charge in [-0.05, 0) is 61.9 Å². The molecule has 1 aliphatic heterocycles. The van der Waals surface area contributed by atoms with Crippen molar-refractivity contribution in [3.8, 4) is 11.8 Å². The van der Waals surface area contributed by atoms with Gasteiger partial charge >= 0.3 is 0 Å². The summed E-state index contributed by atoms with van der Waals surface area (Å²) < 4.78 is 32.8. The fraction of sp³-hybridized carbons (Fsp3) is 0.333. The second-order valence-corrected chi connectivity index (χ2v) is 9.41. The van der Waals surface area contributed by atoms with Gasteiger partial charge in [0.25, 0.3) is 5.91 Å². The zero-order valence-electron chi connectivity index (χ0n) is 16.7. The monoisotopic (exact) mass is 447 g/mol. The second-order valence-electron chi connectivity index (χ2n) is 7.04. The smallest absolute Gasteiger partial charge is 0.263 e. The van der Waals surface area contributed by atoms with Crippen molar-refractivity contribution in [3.05, 3.63) is 58.6 Å². The zero-order valence-corrected chi connectivity index (χ0v) is 18.3. The van der Waals surface area contributed by atoms with E-state index >= 15 is 0 Å². The standard InChI is InChI=1S/C21H22ClN3O4S/c1-15-13-18(22)5-8-20(15)29-16(2)21(26)24-9-11-25(12-10-24)30(27,28)19-6-3-17(14-23)4-7-19/h3-8,13,16H,9-12H2,1-2H3. The minimum atomic E-state index is -3.67. The molecule has 0 aliphatic carbocycles. The zero-order chi connectivity index (χ0) is 21.9. The van der Waals surface area contributed by atoms with E-state index in [1.165, 1.54) is 28.6 Å². The first kappa shape index (κ1) is 22.1. The Morgan fingerprint density at radius 2 is 1.77 bits per heavy atom. The number of hydrogen-bond acceptors (Lipinski definition) is 5. The van der Waals surface area contributed by atoms with Gasteiger partial charge in [0.1, 0.15) is 5.75 Å². The van der Waals surface area contributed by atoms with Crippen LogP contribution in [0.25, 0.3) is 0 Å². The number of rotatable bonds is 5. The summed E-state index contributed by atoms with van der Waals surface area (Å²) in [5.74, 6) is 0.391. The van der Waals surface area contributed by atoms with Gasteiger partial charge in [-0.3, -0.25) is 4.79 Å². The highest BCUT2D eigenvalue weighted by Crippen LogP contribution is 2.24. The number of nitriles is 1. The molecule has 1 unspecified atom stereocenters. The Labute approximate surface area is 181 Å². The Bertz CT molecular complexity index is 1070. The van der Waals surface area contributed by atoms with Gasteiger partial charge in [0.05, 0.1) is 16.5 Å². The summed E-state index contributed by atoms with van der Waals surface area (Å²) in [4.78, 5) is 14.5. The van der Waals surface area contributed by atoms with Crippen molar-refractivity contribution in [1.29, 1.82) is 5.26 Å². The molecule has 0 N–H and O–H groups in total. The Balaban J connectivity index is 1.61. The van der Waals surface area contributed by atoms with Gasteiger partial charge in [-0.15, -0.1) is 0 Å². The Morgan fingerprint density at radius 1 is 1.13 bits per heavy atom. The highest BCUT2D eigenvalue weighted by atomic mass is 35.5. The molecule has 0 saturated carbocycles. The van der Waals surface area contributed by atoms with Crippen LogP contribution in [0, 0.1) is 18.3 Å². The summed E-state index contributed by atoms with van der Waals surface area (Å²) in [6.07, 6.45) is -0.702. The molecule has 7 nitrogen and oxygen atoms in total. The lowest BCUT2D eigenvalue weighted by molar-refractivity contribution is -0.139. The molecule has 0 radical (unpaired) electrons. The normalized spacial score (nSPS) is 16.0. The van der Waals surface area contributed by atoms with Gasteiger partial charge < -0.3 is 9.64 Å². The molecule has 0 bridgehead atoms. The van der Waals surface area contributed by atoms with E-state index in [-0.39, 0.29) is 37.0 Å². The van der Waals surface area contributed by atoms with Crippen LogP contribution in [-0.4, -0.2) is 55.8 Å². The largest absolute Gasteiger partial charge is 0.481 e. The van der Waals surface area contributed by atoms with Gasteiger partial charge in [0.2, 0.25) is 10.0 Å². The quantitative estimate of drug-likeness (QED) is 0.702. The van der Waals surface area contributed by atoms with E-state index in [1.807, 2.05) is 13.0 Å². The molecule has 158 valence electrons. The molecule has 1 heterocycles. The minimum absolute atomic E-state index is 0.135. The number of nitrogens with zero attached hydrogens (tertiary/aromatic N) is 3. The van der Waals surface area contributed by atoms with Crippen molar-refractivity contribution in [2.75, 3.05) is 26.2 Å². The molecule has 0 aromatic heterocycles. The van der Waals surface area contributed by atoms with Crippen LogP contribution in [0.4, 0.5) is 0 Å². The van der Waals surface area contributed by atoms with Crippen molar-refractivity contribution in [3.63, 3.8) is 0 Å². The van der Waals surface area contributed by atoms with E-state index in [9.17, 15) is 13.2 Å². The maximum Gasteiger partial charge on any atom is 0.263 e. The van der Waals surface area contributed by atoms with Crippen LogP contribution >= 0.6 is 11.6 Å². The minimum Gasteiger partial charge on any atom is -0.481 e. The summed E-state index contributed by atoms with van der Waals surface area (Å²) in [5, 5.41) is 9.46. The lowest BCUT2D eigenvalue weighted by Gasteiger charge is -2.35. The number of carbonyl (C=O) groups is 1. The number of aryl methyl sites for hydroxylation is 1. The maximum atomic E-state index is 12.8. The molecule has 1 amide bonds. The number of hydrogen-bond donors (Lipinski definition) is 0. The van der Waals surface area contributed by atoms with Gasteiger partial charge in [-0.25, -0.2) is 8.42 Å². The summed E-state index contributed by atoms with van der Waals surface area (Å²) >= 11 is 5.95. The van der Waals surface area contributed by atoms with Crippen LogP contribution in [0.3, 0.4) is 0 Å². The molecule has 2 aromatic rings. The number of piperazine rings is 1. The molecule has 0 spiro atoms. The third-order valence-electron chi connectivity index (χ3n) is 4.96. The summed E-state index contributed by atoms with van der Waals surface area (Å²) in [6.45, 7) is 4.48. The lowest BCUT2D eigenvalue weighted by Crippen LogP contribution is -2.53. The molecular formula is C21H22ClN3O4S. The number of sulfonamides is 1. The first-order valence-electron chi connectivity index (χ1n) is 9.44. The van der Waals surface area contributed by atoms with Crippen LogP contribution in [0.5, 0.6) is 5.75 Å². The van der Waals surface area contributed by atoms with Crippen LogP contribution < -0.4 is 4.74 Å². The molecule has 1 fully saturated rings. The number of ether oxygens (including phenoxy) is 1. The average molecular weight is 448 g/mol. The molecule has 3 rings (SSSR count). The van der Waals surface area contributed by atoms with Crippen molar-refractivity contribution < 1.29 is 17.9 Å². The highest BCUT2D eigenvalue weighted by Gasteiger charge is 2.32. The molecule has 2 aromatic carbocycles. The fourth-order valence-corrected chi connectivity index (χ4v) is 4.89. The van der Waals surface area contributed by atoms with E-state index in [0.29, 0.717) is 16.3 Å². The van der Waals surface area contributed by atoms with Crippen molar-refractivity contribution in [2.24, 2.45) is 0 Å². The predicted octanol–water partition coefficient (Wildman–Crippen LogP) is 2.82.